The molecule has 1 aromatic carbocycles. The normalized spacial score (nSPS) is 14.3. The lowest BCUT2D eigenvalue weighted by Crippen LogP contribution is -2.38. The minimum absolute atomic E-state index is 0.180. The Balaban J connectivity index is 1.87. The van der Waals surface area contributed by atoms with E-state index >= 15 is 0 Å². The molecule has 0 spiro atoms. The van der Waals surface area contributed by atoms with Crippen LogP contribution in [0, 0.1) is 5.82 Å². The van der Waals surface area contributed by atoms with Gasteiger partial charge in [0.1, 0.15) is 11.6 Å². The fraction of sp³-hybridized carbons (Fsp3) is 0.231. The topological polar surface area (TPSA) is 38.1 Å². The predicted molar refractivity (Wildman–Crippen MR) is 71.1 cm³/mol. The van der Waals surface area contributed by atoms with Gasteiger partial charge in [0.15, 0.2) is 0 Å². The zero-order chi connectivity index (χ0) is 13.4. The van der Waals surface area contributed by atoms with Crippen LogP contribution in [-0.4, -0.2) is 26.9 Å². The number of benzene rings is 1. The second kappa shape index (κ2) is 4.77. The number of hydrogen-bond acceptors (Lipinski definition) is 2. The Bertz CT molecular complexity index is 641. The van der Waals surface area contributed by atoms with E-state index in [0.717, 1.165) is 5.82 Å². The average Bonchev–Trinajstić information content (AvgIpc) is 2.88. The molecule has 0 aliphatic carbocycles. The molecule has 0 saturated heterocycles. The van der Waals surface area contributed by atoms with Crippen LogP contribution in [0.3, 0.4) is 0 Å². The lowest BCUT2D eigenvalue weighted by Gasteiger charge is -2.28. The summed E-state index contributed by atoms with van der Waals surface area (Å²) in [4.78, 5) is 18.3. The van der Waals surface area contributed by atoms with Gasteiger partial charge in [-0.2, -0.15) is 0 Å². The maximum absolute atomic E-state index is 13.3. The number of aromatic nitrogens is 2. The van der Waals surface area contributed by atoms with E-state index in [9.17, 15) is 9.18 Å². The van der Waals surface area contributed by atoms with Gasteiger partial charge >= 0.3 is 0 Å². The predicted octanol–water partition coefficient (Wildman–Crippen LogP) is 2.44. The van der Waals surface area contributed by atoms with Crippen molar-refractivity contribution in [1.82, 2.24) is 14.5 Å². The van der Waals surface area contributed by atoms with Gasteiger partial charge in [-0.3, -0.25) is 4.79 Å². The molecule has 0 unspecified atom stereocenters. The summed E-state index contributed by atoms with van der Waals surface area (Å²) < 4.78 is 15.9. The summed E-state index contributed by atoms with van der Waals surface area (Å²) in [6.45, 7) is 1.77. The highest BCUT2D eigenvalue weighted by Crippen LogP contribution is 2.21. The van der Waals surface area contributed by atoms with Crippen LogP contribution in [-0.2, 0) is 13.1 Å². The second-order valence-electron chi connectivity index (χ2n) is 4.39. The van der Waals surface area contributed by atoms with E-state index in [1.54, 1.807) is 17.2 Å². The Morgan fingerprint density at radius 1 is 1.37 bits per heavy atom. The molecule has 0 N–H and O–H groups in total. The van der Waals surface area contributed by atoms with Crippen molar-refractivity contribution in [3.05, 3.63) is 52.3 Å². The van der Waals surface area contributed by atoms with Gasteiger partial charge in [0.05, 0.1) is 12.1 Å². The number of nitrogens with zero attached hydrogens (tertiary/aromatic N) is 3. The van der Waals surface area contributed by atoms with Crippen molar-refractivity contribution in [1.29, 1.82) is 0 Å². The standard InChI is InChI=1S/C13H11BrFN3O/c14-11-2-1-9(15)7-10(11)13(19)18-6-5-17-4-3-16-12(17)8-18/h1-4,7H,5-6,8H2. The largest absolute Gasteiger partial charge is 0.332 e. The molecular formula is C13H11BrFN3O. The molecule has 6 heteroatoms. The van der Waals surface area contributed by atoms with Crippen molar-refractivity contribution < 1.29 is 9.18 Å². The molecule has 0 fully saturated rings. The van der Waals surface area contributed by atoms with Crippen LogP contribution >= 0.6 is 15.9 Å². The van der Waals surface area contributed by atoms with Crippen molar-refractivity contribution in [2.24, 2.45) is 0 Å². The molecule has 1 aliphatic heterocycles. The van der Waals surface area contributed by atoms with Crippen molar-refractivity contribution >= 4 is 21.8 Å². The van der Waals surface area contributed by atoms with Crippen LogP contribution in [0.2, 0.25) is 0 Å². The van der Waals surface area contributed by atoms with Crippen LogP contribution in [0.25, 0.3) is 0 Å². The number of carbonyl (C=O) groups is 1. The first kappa shape index (κ1) is 12.3. The zero-order valence-corrected chi connectivity index (χ0v) is 11.6. The third-order valence-electron chi connectivity index (χ3n) is 3.19. The lowest BCUT2D eigenvalue weighted by atomic mass is 10.2. The van der Waals surface area contributed by atoms with Crippen LogP contribution in [0.4, 0.5) is 4.39 Å². The van der Waals surface area contributed by atoms with Gasteiger partial charge in [0, 0.05) is 30.0 Å². The fourth-order valence-corrected chi connectivity index (χ4v) is 2.59. The molecule has 19 heavy (non-hydrogen) atoms. The Morgan fingerprint density at radius 2 is 2.21 bits per heavy atom. The van der Waals surface area contributed by atoms with Crippen molar-refractivity contribution in [3.63, 3.8) is 0 Å². The van der Waals surface area contributed by atoms with Crippen LogP contribution in [0.15, 0.2) is 35.1 Å². The number of amides is 1. The minimum Gasteiger partial charge on any atom is -0.332 e. The highest BCUT2D eigenvalue weighted by molar-refractivity contribution is 9.10. The number of rotatable bonds is 1. The number of fused-ring (bicyclic) bond motifs is 1. The van der Waals surface area contributed by atoms with E-state index in [2.05, 4.69) is 20.9 Å². The SMILES string of the molecule is O=C(c1cc(F)ccc1Br)N1CCn2ccnc2C1. The summed E-state index contributed by atoms with van der Waals surface area (Å²) in [5.74, 6) is 0.262. The number of carbonyl (C=O) groups excluding carboxylic acids is 1. The third-order valence-corrected chi connectivity index (χ3v) is 3.88. The number of halogens is 2. The summed E-state index contributed by atoms with van der Waals surface area (Å²) in [5.41, 5.74) is 0.347. The van der Waals surface area contributed by atoms with Gasteiger partial charge in [0.25, 0.3) is 5.91 Å². The van der Waals surface area contributed by atoms with E-state index in [1.165, 1.54) is 12.1 Å². The van der Waals surface area contributed by atoms with Gasteiger partial charge in [0.2, 0.25) is 0 Å². The molecule has 98 valence electrons. The smallest absolute Gasteiger partial charge is 0.255 e. The Labute approximate surface area is 118 Å². The molecular weight excluding hydrogens is 313 g/mol. The fourth-order valence-electron chi connectivity index (χ4n) is 2.18. The first-order valence-electron chi connectivity index (χ1n) is 5.89. The Hall–Kier alpha value is -1.69. The Kier molecular flexibility index (Phi) is 3.10. The summed E-state index contributed by atoms with van der Waals surface area (Å²) in [5, 5.41) is 0. The van der Waals surface area contributed by atoms with Gasteiger partial charge < -0.3 is 9.47 Å². The lowest BCUT2D eigenvalue weighted by molar-refractivity contribution is 0.0706. The van der Waals surface area contributed by atoms with Gasteiger partial charge in [-0.15, -0.1) is 0 Å². The van der Waals surface area contributed by atoms with E-state index in [0.29, 0.717) is 29.7 Å². The Morgan fingerprint density at radius 3 is 3.05 bits per heavy atom. The molecule has 0 bridgehead atoms. The van der Waals surface area contributed by atoms with E-state index in [-0.39, 0.29) is 5.91 Å². The number of imidazole rings is 1. The van der Waals surface area contributed by atoms with Crippen LogP contribution in [0.5, 0.6) is 0 Å². The second-order valence-corrected chi connectivity index (χ2v) is 5.24. The quantitative estimate of drug-likeness (QED) is 0.808. The summed E-state index contributed by atoms with van der Waals surface area (Å²) >= 11 is 3.29. The molecule has 1 aromatic heterocycles. The highest BCUT2D eigenvalue weighted by atomic mass is 79.9. The van der Waals surface area contributed by atoms with E-state index in [1.807, 2.05) is 10.8 Å². The highest BCUT2D eigenvalue weighted by Gasteiger charge is 2.23. The molecule has 1 aliphatic rings. The summed E-state index contributed by atoms with van der Waals surface area (Å²) in [6, 6.07) is 4.13. The molecule has 4 nitrogen and oxygen atoms in total. The molecule has 0 saturated carbocycles. The monoisotopic (exact) mass is 323 g/mol. The molecule has 1 amide bonds. The molecule has 2 heterocycles. The van der Waals surface area contributed by atoms with Crippen molar-refractivity contribution in [3.8, 4) is 0 Å². The average molecular weight is 324 g/mol. The number of hydrogen-bond donors (Lipinski definition) is 0. The molecule has 0 radical (unpaired) electrons. The van der Waals surface area contributed by atoms with Gasteiger partial charge in [-0.05, 0) is 34.1 Å². The van der Waals surface area contributed by atoms with Gasteiger partial charge in [-0.1, -0.05) is 0 Å². The van der Waals surface area contributed by atoms with E-state index in [4.69, 9.17) is 0 Å². The van der Waals surface area contributed by atoms with Crippen molar-refractivity contribution in [2.45, 2.75) is 13.1 Å². The van der Waals surface area contributed by atoms with Gasteiger partial charge in [-0.25, -0.2) is 9.37 Å². The molecule has 3 rings (SSSR count). The van der Waals surface area contributed by atoms with Crippen LogP contribution < -0.4 is 0 Å². The molecule has 0 atom stereocenters. The first-order chi connectivity index (χ1) is 9.15. The summed E-state index contributed by atoms with van der Waals surface area (Å²) in [7, 11) is 0. The maximum Gasteiger partial charge on any atom is 0.255 e. The third kappa shape index (κ3) is 2.28. The maximum atomic E-state index is 13.3. The first-order valence-corrected chi connectivity index (χ1v) is 6.69. The van der Waals surface area contributed by atoms with Crippen molar-refractivity contribution in [2.75, 3.05) is 6.54 Å². The van der Waals surface area contributed by atoms with E-state index < -0.39 is 5.82 Å². The summed E-state index contributed by atoms with van der Waals surface area (Å²) in [6.07, 6.45) is 3.62. The minimum atomic E-state index is -0.412. The zero-order valence-electron chi connectivity index (χ0n) is 10.0. The van der Waals surface area contributed by atoms with Crippen LogP contribution in [0.1, 0.15) is 16.2 Å². The molecule has 2 aromatic rings.